The molecule has 2 rings (SSSR count). The number of carbonyl (C=O) groups is 1. The van der Waals surface area contributed by atoms with Crippen LogP contribution in [0.1, 0.15) is 5.69 Å². The number of hydrogen-bond donors (Lipinski definition) is 2. The summed E-state index contributed by atoms with van der Waals surface area (Å²) in [5.74, 6) is -2.73. The number of anilines is 2. The van der Waals surface area contributed by atoms with Gasteiger partial charge in [0.05, 0.1) is 12.2 Å². The summed E-state index contributed by atoms with van der Waals surface area (Å²) in [6, 6.07) is 5.42. The van der Waals surface area contributed by atoms with Gasteiger partial charge in [-0.05, 0) is 12.1 Å². The first-order chi connectivity index (χ1) is 10.9. The Balaban J connectivity index is 2.00. The summed E-state index contributed by atoms with van der Waals surface area (Å²) in [6.07, 6.45) is 0. The van der Waals surface area contributed by atoms with Crippen LogP contribution in [0.2, 0.25) is 0 Å². The molecule has 122 valence electrons. The van der Waals surface area contributed by atoms with Crippen LogP contribution in [-0.2, 0) is 6.54 Å². The first-order valence-corrected chi connectivity index (χ1v) is 6.69. The van der Waals surface area contributed by atoms with E-state index in [0.29, 0.717) is 23.6 Å². The number of pyridine rings is 1. The molecule has 0 aliphatic carbocycles. The molecule has 8 heteroatoms. The van der Waals surface area contributed by atoms with E-state index in [9.17, 15) is 18.0 Å². The molecule has 1 aromatic carbocycles. The highest BCUT2D eigenvalue weighted by atomic mass is 19.1. The molecule has 2 amide bonds. The van der Waals surface area contributed by atoms with Gasteiger partial charge in [-0.25, -0.2) is 22.9 Å². The molecule has 5 nitrogen and oxygen atoms in total. The van der Waals surface area contributed by atoms with Crippen LogP contribution in [0.3, 0.4) is 0 Å². The van der Waals surface area contributed by atoms with Crippen LogP contribution in [-0.4, -0.2) is 25.1 Å². The van der Waals surface area contributed by atoms with Gasteiger partial charge in [-0.2, -0.15) is 0 Å². The third-order valence-electron chi connectivity index (χ3n) is 2.93. The number of hydrogen-bond acceptors (Lipinski definition) is 3. The van der Waals surface area contributed by atoms with Crippen LogP contribution >= 0.6 is 0 Å². The van der Waals surface area contributed by atoms with Crippen molar-refractivity contribution in [1.29, 1.82) is 0 Å². The Hall–Kier alpha value is -2.77. The van der Waals surface area contributed by atoms with Gasteiger partial charge in [-0.15, -0.1) is 0 Å². The number of amides is 2. The zero-order valence-electron chi connectivity index (χ0n) is 12.5. The normalized spacial score (nSPS) is 10.3. The molecular formula is C15H15F3N4O. The molecule has 0 spiro atoms. The van der Waals surface area contributed by atoms with Gasteiger partial charge in [0.1, 0.15) is 17.3 Å². The molecule has 0 aliphatic heterocycles. The number of benzene rings is 1. The molecule has 0 unspecified atom stereocenters. The minimum atomic E-state index is -1.19. The van der Waals surface area contributed by atoms with Crippen molar-refractivity contribution in [2.75, 3.05) is 24.3 Å². The van der Waals surface area contributed by atoms with Gasteiger partial charge in [0.25, 0.3) is 0 Å². The van der Waals surface area contributed by atoms with Crippen LogP contribution in [0, 0.1) is 17.5 Å². The summed E-state index contributed by atoms with van der Waals surface area (Å²) >= 11 is 0. The van der Waals surface area contributed by atoms with Gasteiger partial charge in [0, 0.05) is 26.2 Å². The predicted molar refractivity (Wildman–Crippen MR) is 80.7 cm³/mol. The average Bonchev–Trinajstić information content (AvgIpc) is 2.49. The van der Waals surface area contributed by atoms with E-state index >= 15 is 0 Å². The molecule has 0 atom stereocenters. The van der Waals surface area contributed by atoms with Crippen molar-refractivity contribution in [3.05, 3.63) is 53.5 Å². The fourth-order valence-corrected chi connectivity index (χ4v) is 1.80. The van der Waals surface area contributed by atoms with Crippen LogP contribution in [0.15, 0.2) is 30.3 Å². The van der Waals surface area contributed by atoms with E-state index in [1.807, 2.05) is 19.4 Å². The summed E-state index contributed by atoms with van der Waals surface area (Å²) in [6.45, 7) is 0.0674. The second kappa shape index (κ2) is 6.99. The van der Waals surface area contributed by atoms with Crippen molar-refractivity contribution < 1.29 is 18.0 Å². The van der Waals surface area contributed by atoms with E-state index in [1.165, 1.54) is 0 Å². The van der Waals surface area contributed by atoms with E-state index in [2.05, 4.69) is 10.3 Å². The number of nitrogens with zero attached hydrogens (tertiary/aromatic N) is 2. The lowest BCUT2D eigenvalue weighted by molar-refractivity contribution is 0.251. The Kier molecular flexibility index (Phi) is 5.05. The minimum absolute atomic E-state index is 0.0674. The number of urea groups is 1. The zero-order chi connectivity index (χ0) is 17.0. The molecule has 2 aromatic rings. The third-order valence-corrected chi connectivity index (χ3v) is 2.93. The Morgan fingerprint density at radius 2 is 1.83 bits per heavy atom. The van der Waals surface area contributed by atoms with Crippen LogP contribution in [0.4, 0.5) is 29.5 Å². The molecule has 23 heavy (non-hydrogen) atoms. The molecule has 0 fully saturated rings. The number of nitrogens with one attached hydrogen (secondary N) is 2. The lowest BCUT2D eigenvalue weighted by atomic mass is 10.3. The maximum absolute atomic E-state index is 13.4. The van der Waals surface area contributed by atoms with Crippen molar-refractivity contribution >= 4 is 17.5 Å². The quantitative estimate of drug-likeness (QED) is 0.909. The fourth-order valence-electron chi connectivity index (χ4n) is 1.80. The molecule has 1 aromatic heterocycles. The first kappa shape index (κ1) is 16.6. The van der Waals surface area contributed by atoms with Gasteiger partial charge in [-0.1, -0.05) is 6.07 Å². The van der Waals surface area contributed by atoms with Crippen molar-refractivity contribution in [2.45, 2.75) is 6.54 Å². The van der Waals surface area contributed by atoms with E-state index in [1.54, 1.807) is 23.1 Å². The van der Waals surface area contributed by atoms with Gasteiger partial charge < -0.3 is 15.5 Å². The second-order valence-electron chi connectivity index (χ2n) is 4.93. The van der Waals surface area contributed by atoms with Crippen molar-refractivity contribution in [2.24, 2.45) is 0 Å². The minimum Gasteiger partial charge on any atom is -0.363 e. The monoisotopic (exact) mass is 324 g/mol. The molecule has 0 bridgehead atoms. The molecule has 0 radical (unpaired) electrons. The van der Waals surface area contributed by atoms with E-state index in [4.69, 9.17) is 0 Å². The smallest absolute Gasteiger partial charge is 0.319 e. The van der Waals surface area contributed by atoms with Gasteiger partial charge in [0.15, 0.2) is 11.6 Å². The van der Waals surface area contributed by atoms with E-state index in [0.717, 1.165) is 0 Å². The lowest BCUT2D eigenvalue weighted by Gasteiger charge is -2.13. The predicted octanol–water partition coefficient (Wildman–Crippen LogP) is 2.89. The standard InChI is InChI=1S/C15H15F3N4O/c1-22(2)13-5-3-4-10(20-13)8-19-15(23)21-14-11(17)6-9(16)7-12(14)18/h3-7H,8H2,1-2H3,(H2,19,21,23). The zero-order valence-corrected chi connectivity index (χ0v) is 12.5. The van der Waals surface area contributed by atoms with E-state index < -0.39 is 29.2 Å². The maximum atomic E-state index is 13.4. The Morgan fingerprint density at radius 1 is 1.17 bits per heavy atom. The first-order valence-electron chi connectivity index (χ1n) is 6.69. The largest absolute Gasteiger partial charge is 0.363 e. The second-order valence-corrected chi connectivity index (χ2v) is 4.93. The summed E-state index contributed by atoms with van der Waals surface area (Å²) in [4.78, 5) is 17.8. The highest BCUT2D eigenvalue weighted by Crippen LogP contribution is 2.19. The number of halogens is 3. The summed E-state index contributed by atoms with van der Waals surface area (Å²) in [5.41, 5.74) is -0.134. The molecule has 0 saturated carbocycles. The third kappa shape index (κ3) is 4.35. The molecule has 1 heterocycles. The van der Waals surface area contributed by atoms with Crippen LogP contribution < -0.4 is 15.5 Å². The summed E-state index contributed by atoms with van der Waals surface area (Å²) in [7, 11) is 3.65. The molecule has 0 saturated heterocycles. The molecule has 2 N–H and O–H groups in total. The molecular weight excluding hydrogens is 309 g/mol. The van der Waals surface area contributed by atoms with Crippen LogP contribution in [0.5, 0.6) is 0 Å². The number of rotatable bonds is 4. The van der Waals surface area contributed by atoms with E-state index in [-0.39, 0.29) is 6.54 Å². The highest BCUT2D eigenvalue weighted by Gasteiger charge is 2.14. The highest BCUT2D eigenvalue weighted by molar-refractivity contribution is 5.89. The Morgan fingerprint density at radius 3 is 2.43 bits per heavy atom. The van der Waals surface area contributed by atoms with Gasteiger partial charge >= 0.3 is 6.03 Å². The fraction of sp³-hybridized carbons (Fsp3) is 0.200. The van der Waals surface area contributed by atoms with Gasteiger partial charge in [0.2, 0.25) is 0 Å². The van der Waals surface area contributed by atoms with Crippen molar-refractivity contribution in [3.8, 4) is 0 Å². The van der Waals surface area contributed by atoms with Crippen molar-refractivity contribution in [1.82, 2.24) is 10.3 Å². The SMILES string of the molecule is CN(C)c1cccc(CNC(=O)Nc2c(F)cc(F)cc2F)n1. The summed E-state index contributed by atoms with van der Waals surface area (Å²) < 4.78 is 39.7. The average molecular weight is 324 g/mol. The maximum Gasteiger partial charge on any atom is 0.319 e. The number of aromatic nitrogens is 1. The number of carbonyl (C=O) groups excluding carboxylic acids is 1. The lowest BCUT2D eigenvalue weighted by Crippen LogP contribution is -2.29. The Labute approximate surface area is 131 Å². The molecule has 0 aliphatic rings. The Bertz CT molecular complexity index is 699. The van der Waals surface area contributed by atoms with Crippen molar-refractivity contribution in [3.63, 3.8) is 0 Å². The van der Waals surface area contributed by atoms with Gasteiger partial charge in [-0.3, -0.25) is 0 Å². The van der Waals surface area contributed by atoms with Crippen LogP contribution in [0.25, 0.3) is 0 Å². The summed E-state index contributed by atoms with van der Waals surface area (Å²) in [5, 5.41) is 4.43. The topological polar surface area (TPSA) is 57.3 Å².